The molecular weight excluding hydrogens is 466 g/mol. The van der Waals surface area contributed by atoms with Gasteiger partial charge in [-0.2, -0.15) is 5.26 Å². The Morgan fingerprint density at radius 3 is 2.86 bits per heavy atom. The quantitative estimate of drug-likeness (QED) is 0.529. The van der Waals surface area contributed by atoms with E-state index >= 15 is 0 Å². The highest BCUT2D eigenvalue weighted by molar-refractivity contribution is 7.16. The molecule has 1 atom stereocenters. The summed E-state index contributed by atoms with van der Waals surface area (Å²) < 4.78 is 12.6. The van der Waals surface area contributed by atoms with Crippen molar-refractivity contribution in [1.82, 2.24) is 14.5 Å². The number of anilines is 1. The molecule has 1 aliphatic rings. The van der Waals surface area contributed by atoms with Crippen molar-refractivity contribution in [3.8, 4) is 11.8 Å². The number of carbonyl (C=O) groups excluding carboxylic acids is 2. The van der Waals surface area contributed by atoms with Crippen LogP contribution in [0.4, 0.5) is 9.80 Å². The van der Waals surface area contributed by atoms with Crippen LogP contribution in [-0.4, -0.2) is 40.1 Å². The van der Waals surface area contributed by atoms with Gasteiger partial charge < -0.3 is 24.3 Å². The Morgan fingerprint density at radius 2 is 2.14 bits per heavy atom. The number of benzene rings is 1. The van der Waals surface area contributed by atoms with Crippen LogP contribution in [0.5, 0.6) is 5.75 Å². The third kappa shape index (κ3) is 5.30. The zero-order valence-corrected chi connectivity index (χ0v) is 20.7. The van der Waals surface area contributed by atoms with Crippen molar-refractivity contribution in [2.75, 3.05) is 19.0 Å². The fourth-order valence-corrected chi connectivity index (χ4v) is 5.39. The molecule has 2 amide bonds. The first-order chi connectivity index (χ1) is 16.9. The number of imidazole rings is 1. The normalized spacial score (nSPS) is 13.5. The van der Waals surface area contributed by atoms with Crippen molar-refractivity contribution >= 4 is 28.3 Å². The van der Waals surface area contributed by atoms with Gasteiger partial charge in [0.15, 0.2) is 0 Å². The van der Waals surface area contributed by atoms with Crippen molar-refractivity contribution in [2.24, 2.45) is 7.05 Å². The molecule has 0 spiro atoms. The van der Waals surface area contributed by atoms with Gasteiger partial charge in [-0.15, -0.1) is 11.3 Å². The van der Waals surface area contributed by atoms with Crippen LogP contribution in [0.1, 0.15) is 46.5 Å². The minimum absolute atomic E-state index is 0.0593. The molecule has 1 aliphatic heterocycles. The Kier molecular flexibility index (Phi) is 7.36. The molecule has 1 unspecified atom stereocenters. The number of aryl methyl sites for hydroxylation is 1. The van der Waals surface area contributed by atoms with Gasteiger partial charge in [-0.05, 0) is 29.5 Å². The predicted octanol–water partition coefficient (Wildman–Crippen LogP) is 4.19. The van der Waals surface area contributed by atoms with Crippen LogP contribution in [0, 0.1) is 11.3 Å². The largest absolute Gasteiger partial charge is 0.496 e. The molecule has 182 valence electrons. The third-order valence-corrected chi connectivity index (χ3v) is 7.23. The van der Waals surface area contributed by atoms with E-state index in [-0.39, 0.29) is 24.9 Å². The summed E-state index contributed by atoms with van der Waals surface area (Å²) in [6, 6.07) is 9.87. The van der Waals surface area contributed by atoms with Crippen LogP contribution in [0.3, 0.4) is 0 Å². The number of carbonyl (C=O) groups is 2. The molecule has 10 heteroatoms. The lowest BCUT2D eigenvalue weighted by Gasteiger charge is -2.26. The van der Waals surface area contributed by atoms with E-state index in [9.17, 15) is 14.9 Å². The molecule has 0 radical (unpaired) electrons. The lowest BCUT2D eigenvalue weighted by Crippen LogP contribution is -2.35. The molecule has 35 heavy (non-hydrogen) atoms. The molecule has 0 fully saturated rings. The van der Waals surface area contributed by atoms with Gasteiger partial charge in [0.2, 0.25) is 5.91 Å². The number of hydrogen-bond donors (Lipinski definition) is 1. The van der Waals surface area contributed by atoms with Gasteiger partial charge in [0, 0.05) is 24.9 Å². The van der Waals surface area contributed by atoms with Gasteiger partial charge in [0.05, 0.1) is 37.4 Å². The Balaban J connectivity index is 1.40. The maximum Gasteiger partial charge on any atom is 0.410 e. The summed E-state index contributed by atoms with van der Waals surface area (Å²) in [5.41, 5.74) is 3.12. The van der Waals surface area contributed by atoms with Crippen molar-refractivity contribution < 1.29 is 19.1 Å². The first-order valence-corrected chi connectivity index (χ1v) is 12.1. The van der Waals surface area contributed by atoms with Crippen molar-refractivity contribution in [1.29, 1.82) is 5.26 Å². The molecule has 9 nitrogen and oxygen atoms in total. The fourth-order valence-electron chi connectivity index (χ4n) is 4.16. The zero-order chi connectivity index (χ0) is 24.9. The van der Waals surface area contributed by atoms with Crippen LogP contribution in [-0.2, 0) is 36.2 Å². The molecule has 0 saturated carbocycles. The number of nitrogens with one attached hydrogen (secondary N) is 1. The van der Waals surface area contributed by atoms with Gasteiger partial charge in [0.25, 0.3) is 0 Å². The lowest BCUT2D eigenvalue weighted by atomic mass is 9.96. The molecule has 3 heterocycles. The molecule has 0 aliphatic carbocycles. The number of aromatic nitrogens is 2. The molecule has 0 bridgehead atoms. The fraction of sp³-hybridized carbons (Fsp3) is 0.360. The van der Waals surface area contributed by atoms with E-state index in [0.29, 0.717) is 30.1 Å². The molecular formula is C25H27N5O4S. The van der Waals surface area contributed by atoms with Gasteiger partial charge >= 0.3 is 6.09 Å². The minimum atomic E-state index is -0.417. The number of para-hydroxylation sites is 1. The molecule has 1 aromatic carbocycles. The SMILES string of the molecule is COc1ccccc1C(C)CC(=O)Nc1sc2c(c1C#N)CCN(C(=O)OCc1cncn1C)C2. The van der Waals surface area contributed by atoms with E-state index in [1.54, 1.807) is 29.1 Å². The second kappa shape index (κ2) is 10.6. The molecule has 2 aromatic heterocycles. The minimum Gasteiger partial charge on any atom is -0.496 e. The first-order valence-electron chi connectivity index (χ1n) is 11.3. The summed E-state index contributed by atoms with van der Waals surface area (Å²) in [5, 5.41) is 13.2. The number of rotatable bonds is 7. The van der Waals surface area contributed by atoms with E-state index in [0.717, 1.165) is 27.4 Å². The van der Waals surface area contributed by atoms with Gasteiger partial charge in [-0.1, -0.05) is 25.1 Å². The number of thiophene rings is 1. The standard InChI is InChI=1S/C25H27N5O4S/c1-16(18-6-4-5-7-21(18)33-3)10-23(31)28-24-20(11-26)19-8-9-30(13-22(19)35-24)25(32)34-14-17-12-27-15-29(17)2/h4-7,12,15-16H,8-10,13-14H2,1-3H3,(H,28,31). The highest BCUT2D eigenvalue weighted by Crippen LogP contribution is 2.37. The highest BCUT2D eigenvalue weighted by Gasteiger charge is 2.28. The van der Waals surface area contributed by atoms with E-state index in [1.165, 1.54) is 11.3 Å². The number of fused-ring (bicyclic) bond motifs is 1. The van der Waals surface area contributed by atoms with Crippen molar-refractivity contribution in [3.63, 3.8) is 0 Å². The summed E-state index contributed by atoms with van der Waals surface area (Å²) in [6.45, 7) is 2.89. The molecule has 1 N–H and O–H groups in total. The number of nitriles is 1. The average Bonchev–Trinajstić information content (AvgIpc) is 3.43. The number of nitrogens with zero attached hydrogens (tertiary/aromatic N) is 4. The smallest absolute Gasteiger partial charge is 0.410 e. The van der Waals surface area contributed by atoms with Crippen LogP contribution in [0.25, 0.3) is 0 Å². The summed E-state index contributed by atoms with van der Waals surface area (Å²) in [4.78, 5) is 31.9. The summed E-state index contributed by atoms with van der Waals surface area (Å²) >= 11 is 1.34. The molecule has 3 aromatic rings. The Hall–Kier alpha value is -3.84. The maximum atomic E-state index is 12.8. The topological polar surface area (TPSA) is 109 Å². The van der Waals surface area contributed by atoms with E-state index in [4.69, 9.17) is 9.47 Å². The predicted molar refractivity (Wildman–Crippen MR) is 131 cm³/mol. The van der Waals surface area contributed by atoms with Gasteiger partial charge in [0.1, 0.15) is 23.4 Å². The number of amides is 2. The van der Waals surface area contributed by atoms with E-state index in [1.807, 2.05) is 38.2 Å². The number of methoxy groups -OCH3 is 1. The third-order valence-electron chi connectivity index (χ3n) is 6.10. The maximum absolute atomic E-state index is 12.8. The Bertz CT molecular complexity index is 1280. The van der Waals surface area contributed by atoms with E-state index < -0.39 is 6.09 Å². The van der Waals surface area contributed by atoms with Crippen LogP contribution in [0.2, 0.25) is 0 Å². The summed E-state index contributed by atoms with van der Waals surface area (Å²) in [5.74, 6) is 0.509. The monoisotopic (exact) mass is 493 g/mol. The van der Waals surface area contributed by atoms with E-state index in [2.05, 4.69) is 16.4 Å². The second-order valence-electron chi connectivity index (χ2n) is 8.44. The first kappa shape index (κ1) is 24.3. The zero-order valence-electron chi connectivity index (χ0n) is 19.9. The number of ether oxygens (including phenoxy) is 2. The Labute approximate surface area is 207 Å². The van der Waals surface area contributed by atoms with Gasteiger partial charge in [-0.25, -0.2) is 9.78 Å². The summed E-state index contributed by atoms with van der Waals surface area (Å²) in [7, 11) is 3.45. The molecule has 4 rings (SSSR count). The van der Waals surface area contributed by atoms with Gasteiger partial charge in [-0.3, -0.25) is 4.79 Å². The summed E-state index contributed by atoms with van der Waals surface area (Å²) in [6.07, 6.45) is 3.67. The molecule has 0 saturated heterocycles. The lowest BCUT2D eigenvalue weighted by molar-refractivity contribution is -0.116. The van der Waals surface area contributed by atoms with Crippen LogP contribution < -0.4 is 10.1 Å². The average molecular weight is 494 g/mol. The Morgan fingerprint density at radius 1 is 1.34 bits per heavy atom. The van der Waals surface area contributed by atoms with Crippen molar-refractivity contribution in [3.05, 3.63) is 64.1 Å². The van der Waals surface area contributed by atoms with Crippen LogP contribution >= 0.6 is 11.3 Å². The van der Waals surface area contributed by atoms with Crippen LogP contribution in [0.15, 0.2) is 36.8 Å². The number of hydrogen-bond acceptors (Lipinski definition) is 7. The van der Waals surface area contributed by atoms with Crippen molar-refractivity contribution in [2.45, 2.75) is 38.8 Å². The highest BCUT2D eigenvalue weighted by atomic mass is 32.1. The second-order valence-corrected chi connectivity index (χ2v) is 9.54.